The number of nitrogens with zero attached hydrogens (tertiary/aromatic N) is 4. The number of nitrogen functional groups attached to an aromatic ring is 1. The Balaban J connectivity index is 1.77. The first-order chi connectivity index (χ1) is 14.2. The number of fused-ring (bicyclic) bond motifs is 1. The second-order valence-electron chi connectivity index (χ2n) is 6.40. The second kappa shape index (κ2) is 8.63. The van der Waals surface area contributed by atoms with Crippen LogP contribution in [0.2, 0.25) is 5.28 Å². The summed E-state index contributed by atoms with van der Waals surface area (Å²) in [6, 6.07) is 0. The van der Waals surface area contributed by atoms with E-state index in [-0.39, 0.29) is 22.3 Å². The van der Waals surface area contributed by atoms with Crippen LogP contribution in [0, 0.1) is 0 Å². The Hall–Kier alpha value is -2.61. The quantitative estimate of drug-likeness (QED) is 0.418. The van der Waals surface area contributed by atoms with Gasteiger partial charge in [0.1, 0.15) is 24.3 Å². The third-order valence-corrected chi connectivity index (χ3v) is 4.78. The molecule has 1 aliphatic heterocycles. The Morgan fingerprint density at radius 3 is 2.87 bits per heavy atom. The zero-order valence-electron chi connectivity index (χ0n) is 15.9. The van der Waals surface area contributed by atoms with Crippen LogP contribution in [-0.2, 0) is 34.3 Å². The fourth-order valence-corrected chi connectivity index (χ4v) is 3.16. The van der Waals surface area contributed by atoms with Gasteiger partial charge in [-0.15, -0.1) is 0 Å². The first kappa shape index (κ1) is 22.1. The van der Waals surface area contributed by atoms with E-state index in [4.69, 9.17) is 26.8 Å². The number of halogens is 2. The lowest BCUT2D eigenvalue weighted by molar-refractivity contribution is -0.163. The summed E-state index contributed by atoms with van der Waals surface area (Å²) in [4.78, 5) is 34.9. The molecule has 4 atom stereocenters. The summed E-state index contributed by atoms with van der Waals surface area (Å²) in [5.41, 5.74) is 5.79. The van der Waals surface area contributed by atoms with Crippen LogP contribution in [0.4, 0.5) is 10.2 Å². The van der Waals surface area contributed by atoms with Crippen molar-refractivity contribution in [3.63, 3.8) is 0 Å². The number of hydrogen-bond donors (Lipinski definition) is 2. The van der Waals surface area contributed by atoms with E-state index < -0.39 is 55.7 Å². The molecule has 164 valence electrons. The molecule has 1 aliphatic rings. The topological polar surface area (TPSA) is 161 Å². The molecule has 1 fully saturated rings. The van der Waals surface area contributed by atoms with Gasteiger partial charge in [0.15, 0.2) is 17.6 Å². The number of carbonyl (C=O) groups excluding carboxylic acids is 2. The summed E-state index contributed by atoms with van der Waals surface area (Å²) < 4.78 is 36.4. The Bertz CT molecular complexity index is 959. The van der Waals surface area contributed by atoms with Gasteiger partial charge in [0.05, 0.1) is 33.6 Å². The molecule has 0 saturated carbocycles. The monoisotopic (exact) mass is 447 g/mol. The molecule has 2 aromatic heterocycles. The van der Waals surface area contributed by atoms with Crippen molar-refractivity contribution in [1.82, 2.24) is 19.5 Å². The number of esters is 2. The van der Waals surface area contributed by atoms with Crippen LogP contribution in [0.1, 0.15) is 6.42 Å². The summed E-state index contributed by atoms with van der Waals surface area (Å²) in [5.74, 6) is -4.07. The van der Waals surface area contributed by atoms with E-state index >= 15 is 4.39 Å². The molecule has 3 rings (SSSR count). The van der Waals surface area contributed by atoms with Gasteiger partial charge in [-0.2, -0.15) is 9.97 Å². The number of aliphatic hydroxyl groups excluding tert-OH is 1. The lowest BCUT2D eigenvalue weighted by Crippen LogP contribution is -2.44. The molecule has 3 heterocycles. The van der Waals surface area contributed by atoms with E-state index in [1.54, 1.807) is 0 Å². The van der Waals surface area contributed by atoms with E-state index in [0.29, 0.717) is 0 Å². The fourth-order valence-electron chi connectivity index (χ4n) is 2.99. The van der Waals surface area contributed by atoms with Gasteiger partial charge in [-0.3, -0.25) is 9.36 Å². The number of rotatable bonds is 7. The van der Waals surface area contributed by atoms with Crippen molar-refractivity contribution in [2.24, 2.45) is 0 Å². The average molecular weight is 448 g/mol. The van der Waals surface area contributed by atoms with Gasteiger partial charge in [0, 0.05) is 0 Å². The highest BCUT2D eigenvalue weighted by atomic mass is 35.5. The predicted molar refractivity (Wildman–Crippen MR) is 98.0 cm³/mol. The highest BCUT2D eigenvalue weighted by Gasteiger charge is 2.52. The van der Waals surface area contributed by atoms with Gasteiger partial charge >= 0.3 is 11.9 Å². The largest absolute Gasteiger partial charge is 0.469 e. The van der Waals surface area contributed by atoms with Gasteiger partial charge in [0.2, 0.25) is 11.1 Å². The predicted octanol–water partition coefficient (Wildman–Crippen LogP) is -0.435. The molecule has 0 bridgehead atoms. The molecule has 0 radical (unpaired) electrons. The van der Waals surface area contributed by atoms with Crippen LogP contribution in [0.5, 0.6) is 0 Å². The zero-order valence-corrected chi connectivity index (χ0v) is 16.7. The maximum absolute atomic E-state index is 15.7. The number of carbonyl (C=O) groups is 2. The van der Waals surface area contributed by atoms with Crippen molar-refractivity contribution in [2.45, 2.75) is 30.5 Å². The zero-order chi connectivity index (χ0) is 22.1. The number of methoxy groups -OCH3 is 2. The summed E-state index contributed by atoms with van der Waals surface area (Å²) >= 11 is 5.79. The second-order valence-corrected chi connectivity index (χ2v) is 6.74. The normalized spacial score (nSPS) is 24.7. The van der Waals surface area contributed by atoms with E-state index in [9.17, 15) is 14.7 Å². The Kier molecular flexibility index (Phi) is 6.36. The number of anilines is 1. The molecule has 12 nitrogen and oxygen atoms in total. The molecule has 30 heavy (non-hydrogen) atoms. The molecule has 0 aromatic carbocycles. The summed E-state index contributed by atoms with van der Waals surface area (Å²) in [6.45, 7) is -0.983. The number of aliphatic hydroxyl groups is 1. The van der Waals surface area contributed by atoms with Gasteiger partial charge < -0.3 is 29.8 Å². The Labute approximate surface area is 174 Å². The number of ether oxygens (including phenoxy) is 4. The average Bonchev–Trinajstić information content (AvgIpc) is 3.27. The minimum Gasteiger partial charge on any atom is -0.469 e. The summed E-state index contributed by atoms with van der Waals surface area (Å²) in [6.07, 6.45) is -3.55. The van der Waals surface area contributed by atoms with E-state index in [1.807, 2.05) is 0 Å². The van der Waals surface area contributed by atoms with E-state index in [0.717, 1.165) is 25.1 Å². The molecule has 3 N–H and O–H groups in total. The van der Waals surface area contributed by atoms with Crippen molar-refractivity contribution in [1.29, 1.82) is 0 Å². The molecule has 14 heteroatoms. The van der Waals surface area contributed by atoms with Crippen molar-refractivity contribution in [2.75, 3.05) is 33.2 Å². The van der Waals surface area contributed by atoms with Gasteiger partial charge in [-0.1, -0.05) is 0 Å². The van der Waals surface area contributed by atoms with Crippen LogP contribution in [0.15, 0.2) is 6.33 Å². The smallest absolute Gasteiger partial charge is 0.335 e. The van der Waals surface area contributed by atoms with Crippen molar-refractivity contribution < 1.29 is 38.0 Å². The maximum atomic E-state index is 15.7. The molecule has 0 spiro atoms. The molecule has 1 saturated heterocycles. The lowest BCUT2D eigenvalue weighted by atomic mass is 10.1. The van der Waals surface area contributed by atoms with Crippen LogP contribution >= 0.6 is 11.6 Å². The number of alkyl halides is 1. The standard InChI is InChI=1S/C16H19ClFN5O7/c1-27-9(24)3-7(14(26)28-2)29-4-8-11(25)16(18,5-30-8)23-6-20-10-12(19)21-15(17)22-13(10)23/h6-8,11,25H,3-5H2,1-2H3,(H2,19,21,22)/t7?,8-,11-,16+/m1/s1. The van der Waals surface area contributed by atoms with Crippen molar-refractivity contribution in [3.05, 3.63) is 11.6 Å². The highest BCUT2D eigenvalue weighted by Crippen LogP contribution is 2.36. The minimum atomic E-state index is -2.48. The molecule has 0 aliphatic carbocycles. The number of hydrogen-bond acceptors (Lipinski definition) is 11. The van der Waals surface area contributed by atoms with E-state index in [2.05, 4.69) is 24.4 Å². The first-order valence-corrected chi connectivity index (χ1v) is 9.00. The molecule has 0 amide bonds. The minimum absolute atomic E-state index is 0.0302. The maximum Gasteiger partial charge on any atom is 0.335 e. The fraction of sp³-hybridized carbons (Fsp3) is 0.562. The molecular formula is C16H19ClFN5O7. The third kappa shape index (κ3) is 4.01. The van der Waals surface area contributed by atoms with Crippen molar-refractivity contribution in [3.8, 4) is 0 Å². The van der Waals surface area contributed by atoms with Gasteiger partial charge in [0.25, 0.3) is 0 Å². The number of nitrogens with two attached hydrogens (primary N) is 1. The summed E-state index contributed by atoms with van der Waals surface area (Å²) in [5, 5.41) is 10.4. The van der Waals surface area contributed by atoms with Crippen LogP contribution in [-0.4, -0.2) is 82.3 Å². The van der Waals surface area contributed by atoms with Crippen LogP contribution in [0.3, 0.4) is 0 Å². The molecule has 1 unspecified atom stereocenters. The molecule has 2 aromatic rings. The highest BCUT2D eigenvalue weighted by molar-refractivity contribution is 6.28. The van der Waals surface area contributed by atoms with Crippen LogP contribution < -0.4 is 5.73 Å². The van der Waals surface area contributed by atoms with E-state index in [1.165, 1.54) is 0 Å². The SMILES string of the molecule is COC(=O)CC(OC[C@H]1OC[C@](F)(n2cnc3c(N)nc(Cl)nc32)[C@@H]1O)C(=O)OC. The van der Waals surface area contributed by atoms with Gasteiger partial charge in [-0.25, -0.2) is 14.2 Å². The summed E-state index contributed by atoms with van der Waals surface area (Å²) in [7, 11) is 2.27. The van der Waals surface area contributed by atoms with Crippen LogP contribution in [0.25, 0.3) is 11.2 Å². The number of imidazole rings is 1. The first-order valence-electron chi connectivity index (χ1n) is 8.62. The lowest BCUT2D eigenvalue weighted by Gasteiger charge is -2.25. The Morgan fingerprint density at radius 2 is 2.20 bits per heavy atom. The van der Waals surface area contributed by atoms with Crippen molar-refractivity contribution >= 4 is 40.5 Å². The molecular weight excluding hydrogens is 429 g/mol. The third-order valence-electron chi connectivity index (χ3n) is 4.61. The van der Waals surface area contributed by atoms with Gasteiger partial charge in [-0.05, 0) is 11.6 Å². The number of aromatic nitrogens is 4. The Morgan fingerprint density at radius 1 is 1.47 bits per heavy atom.